The Hall–Kier alpha value is -3.73. The molecule has 0 atom stereocenters. The number of rotatable bonds is 14. The SMILES string of the molecule is Nc1cc(N)cc(C(=O)OCCCCCCOc2ccc(C=CC(=O)OCCC(F)(F)F)cc2CO)c1. The Balaban J connectivity index is 1.66. The van der Waals surface area contributed by atoms with Crippen LogP contribution in [0, 0.1) is 0 Å². The summed E-state index contributed by atoms with van der Waals surface area (Å²) in [5, 5.41) is 9.61. The second kappa shape index (κ2) is 14.7. The van der Waals surface area contributed by atoms with Gasteiger partial charge in [0.1, 0.15) is 12.4 Å². The second-order valence-corrected chi connectivity index (χ2v) is 8.18. The molecule has 2 rings (SSSR count). The molecule has 0 heterocycles. The fraction of sp³-hybridized carbons (Fsp3) is 0.385. The molecule has 0 unspecified atom stereocenters. The topological polar surface area (TPSA) is 134 Å². The molecule has 8 nitrogen and oxygen atoms in total. The van der Waals surface area contributed by atoms with Crippen LogP contribution in [-0.4, -0.2) is 43.0 Å². The molecule has 0 aliphatic heterocycles. The van der Waals surface area contributed by atoms with Crippen LogP contribution in [0.5, 0.6) is 5.75 Å². The van der Waals surface area contributed by atoms with Crippen molar-refractivity contribution in [1.82, 2.24) is 0 Å². The highest BCUT2D eigenvalue weighted by Crippen LogP contribution is 2.22. The molecule has 0 fully saturated rings. The third-order valence-corrected chi connectivity index (χ3v) is 5.04. The Labute approximate surface area is 213 Å². The molecular weight excluding hydrogens is 493 g/mol. The Kier molecular flexibility index (Phi) is 11.8. The molecule has 0 aromatic heterocycles. The first-order valence-electron chi connectivity index (χ1n) is 11.7. The van der Waals surface area contributed by atoms with Crippen molar-refractivity contribution in [3.63, 3.8) is 0 Å². The molecule has 2 aromatic rings. The van der Waals surface area contributed by atoms with Crippen molar-refractivity contribution < 1.29 is 42.1 Å². The van der Waals surface area contributed by atoms with E-state index in [0.29, 0.717) is 46.8 Å². The maximum Gasteiger partial charge on any atom is 0.392 e. The Morgan fingerprint density at radius 3 is 2.22 bits per heavy atom. The molecular formula is C26H31F3N2O6. The summed E-state index contributed by atoms with van der Waals surface area (Å²) in [6, 6.07) is 9.48. The number of anilines is 2. The van der Waals surface area contributed by atoms with E-state index in [2.05, 4.69) is 4.74 Å². The van der Waals surface area contributed by atoms with E-state index in [4.69, 9.17) is 20.9 Å². The molecule has 11 heteroatoms. The van der Waals surface area contributed by atoms with E-state index in [9.17, 15) is 27.9 Å². The molecule has 0 saturated carbocycles. The molecule has 0 saturated heterocycles. The minimum atomic E-state index is -4.39. The van der Waals surface area contributed by atoms with Gasteiger partial charge in [0, 0.05) is 23.0 Å². The van der Waals surface area contributed by atoms with Crippen LogP contribution in [0.3, 0.4) is 0 Å². The molecule has 202 valence electrons. The first-order valence-corrected chi connectivity index (χ1v) is 11.7. The summed E-state index contributed by atoms with van der Waals surface area (Å²) in [7, 11) is 0. The largest absolute Gasteiger partial charge is 0.493 e. The molecule has 0 amide bonds. The zero-order valence-corrected chi connectivity index (χ0v) is 20.3. The fourth-order valence-electron chi connectivity index (χ4n) is 3.23. The minimum absolute atomic E-state index is 0.272. The molecule has 0 bridgehead atoms. The van der Waals surface area contributed by atoms with E-state index in [1.165, 1.54) is 18.2 Å². The van der Waals surface area contributed by atoms with Gasteiger partial charge in [0.25, 0.3) is 0 Å². The number of hydrogen-bond donors (Lipinski definition) is 3. The number of benzene rings is 2. The summed E-state index contributed by atoms with van der Waals surface area (Å²) in [6.07, 6.45) is -0.0938. The van der Waals surface area contributed by atoms with Crippen molar-refractivity contribution in [3.05, 3.63) is 59.2 Å². The van der Waals surface area contributed by atoms with E-state index >= 15 is 0 Å². The number of aliphatic hydroxyl groups is 1. The maximum absolute atomic E-state index is 12.1. The van der Waals surface area contributed by atoms with Gasteiger partial charge in [-0.1, -0.05) is 6.07 Å². The predicted molar refractivity (Wildman–Crippen MR) is 133 cm³/mol. The Morgan fingerprint density at radius 1 is 0.892 bits per heavy atom. The lowest BCUT2D eigenvalue weighted by atomic mass is 10.1. The lowest BCUT2D eigenvalue weighted by Crippen LogP contribution is -2.13. The predicted octanol–water partition coefficient (Wildman–Crippen LogP) is 4.65. The lowest BCUT2D eigenvalue weighted by Gasteiger charge is -2.11. The number of esters is 2. The van der Waals surface area contributed by atoms with Gasteiger partial charge in [0.05, 0.1) is 31.8 Å². The van der Waals surface area contributed by atoms with Crippen LogP contribution in [0.4, 0.5) is 24.5 Å². The normalized spacial score (nSPS) is 11.5. The maximum atomic E-state index is 12.1. The summed E-state index contributed by atoms with van der Waals surface area (Å²) in [5.74, 6) is -0.877. The van der Waals surface area contributed by atoms with Crippen molar-refractivity contribution in [2.75, 3.05) is 31.3 Å². The summed E-state index contributed by atoms with van der Waals surface area (Å²) in [4.78, 5) is 23.6. The minimum Gasteiger partial charge on any atom is -0.493 e. The average Bonchev–Trinajstić information content (AvgIpc) is 2.83. The summed E-state index contributed by atoms with van der Waals surface area (Å²) >= 11 is 0. The molecule has 5 N–H and O–H groups in total. The van der Waals surface area contributed by atoms with Crippen LogP contribution in [0.25, 0.3) is 6.08 Å². The number of aliphatic hydroxyl groups excluding tert-OH is 1. The summed E-state index contributed by atoms with van der Waals surface area (Å²) < 4.78 is 51.7. The van der Waals surface area contributed by atoms with Crippen molar-refractivity contribution in [1.29, 1.82) is 0 Å². The van der Waals surface area contributed by atoms with Gasteiger partial charge < -0.3 is 30.8 Å². The second-order valence-electron chi connectivity index (χ2n) is 8.18. The van der Waals surface area contributed by atoms with Gasteiger partial charge in [-0.2, -0.15) is 13.2 Å². The van der Waals surface area contributed by atoms with Gasteiger partial charge in [-0.15, -0.1) is 0 Å². The van der Waals surface area contributed by atoms with Gasteiger partial charge in [-0.05, 0) is 67.7 Å². The quantitative estimate of drug-likeness (QED) is 0.141. The molecule has 2 aromatic carbocycles. The van der Waals surface area contributed by atoms with Crippen molar-refractivity contribution >= 4 is 29.4 Å². The van der Waals surface area contributed by atoms with Crippen molar-refractivity contribution in [3.8, 4) is 5.75 Å². The number of hydrogen-bond acceptors (Lipinski definition) is 8. The number of nitrogen functional groups attached to an aromatic ring is 2. The molecule has 0 spiro atoms. The standard InChI is InChI=1S/C26H31F3N2O6/c27-26(28,29)9-12-36-24(33)8-6-18-5-7-23(20(13-18)17-32)35-10-3-1-2-4-11-37-25(34)19-14-21(30)16-22(31)15-19/h5-8,13-16,32H,1-4,9-12,17,30-31H2. The molecule has 0 aliphatic rings. The summed E-state index contributed by atoms with van der Waals surface area (Å²) in [6.45, 7) is -0.355. The molecule has 0 radical (unpaired) electrons. The number of carbonyl (C=O) groups excluding carboxylic acids is 2. The van der Waals surface area contributed by atoms with E-state index < -0.39 is 31.1 Å². The van der Waals surface area contributed by atoms with Crippen molar-refractivity contribution in [2.24, 2.45) is 0 Å². The highest BCUT2D eigenvalue weighted by molar-refractivity contribution is 5.91. The van der Waals surface area contributed by atoms with E-state index in [-0.39, 0.29) is 13.2 Å². The van der Waals surface area contributed by atoms with Gasteiger partial charge in [0.2, 0.25) is 0 Å². The summed E-state index contributed by atoms with van der Waals surface area (Å²) in [5.41, 5.74) is 13.5. The van der Waals surface area contributed by atoms with E-state index in [0.717, 1.165) is 25.3 Å². The number of unbranched alkanes of at least 4 members (excludes halogenated alkanes) is 3. The van der Waals surface area contributed by atoms with Gasteiger partial charge in [-0.25, -0.2) is 9.59 Å². The van der Waals surface area contributed by atoms with Gasteiger partial charge in [0.15, 0.2) is 0 Å². The smallest absolute Gasteiger partial charge is 0.392 e. The average molecular weight is 525 g/mol. The number of ether oxygens (including phenoxy) is 3. The van der Waals surface area contributed by atoms with E-state index in [1.54, 1.807) is 24.3 Å². The first kappa shape index (κ1) is 29.5. The Bertz CT molecular complexity index is 1050. The highest BCUT2D eigenvalue weighted by Gasteiger charge is 2.27. The number of nitrogens with two attached hydrogens (primary N) is 2. The van der Waals surface area contributed by atoms with Crippen LogP contribution in [0.15, 0.2) is 42.5 Å². The zero-order valence-electron chi connectivity index (χ0n) is 20.3. The van der Waals surface area contributed by atoms with Crippen LogP contribution in [0.2, 0.25) is 0 Å². The Morgan fingerprint density at radius 2 is 1.57 bits per heavy atom. The lowest BCUT2D eigenvalue weighted by molar-refractivity contribution is -0.155. The molecule has 37 heavy (non-hydrogen) atoms. The monoisotopic (exact) mass is 524 g/mol. The number of halogens is 3. The van der Waals surface area contributed by atoms with Crippen LogP contribution < -0.4 is 16.2 Å². The number of carbonyl (C=O) groups is 2. The zero-order chi connectivity index (χ0) is 27.3. The number of alkyl halides is 3. The highest BCUT2D eigenvalue weighted by atomic mass is 19.4. The third-order valence-electron chi connectivity index (χ3n) is 5.04. The van der Waals surface area contributed by atoms with Gasteiger partial charge >= 0.3 is 18.1 Å². The van der Waals surface area contributed by atoms with Crippen molar-refractivity contribution in [2.45, 2.75) is 44.9 Å². The van der Waals surface area contributed by atoms with Crippen LogP contribution in [-0.2, 0) is 20.9 Å². The first-order chi connectivity index (χ1) is 17.6. The van der Waals surface area contributed by atoms with Gasteiger partial charge in [-0.3, -0.25) is 0 Å². The molecule has 0 aliphatic carbocycles. The van der Waals surface area contributed by atoms with Crippen LogP contribution in [0.1, 0.15) is 53.6 Å². The third kappa shape index (κ3) is 11.7. The fourth-order valence-corrected chi connectivity index (χ4v) is 3.23. The van der Waals surface area contributed by atoms with E-state index in [1.807, 2.05) is 0 Å². The van der Waals surface area contributed by atoms with Crippen LogP contribution >= 0.6 is 0 Å².